The van der Waals surface area contributed by atoms with E-state index in [1.807, 2.05) is 48.5 Å². The summed E-state index contributed by atoms with van der Waals surface area (Å²) in [7, 11) is 0. The van der Waals surface area contributed by atoms with Crippen LogP contribution < -0.4 is 4.74 Å². The summed E-state index contributed by atoms with van der Waals surface area (Å²) in [6.45, 7) is 4.31. The molecule has 0 amide bonds. The highest BCUT2D eigenvalue weighted by Crippen LogP contribution is 2.38. The average molecular weight is 685 g/mol. The molecule has 6 heteroatoms. The molecule has 10 rings (SSSR count). The maximum absolute atomic E-state index is 6.49. The second kappa shape index (κ2) is 12.5. The molecule has 0 fully saturated rings. The number of fused-ring (bicyclic) bond motifs is 6. The first-order valence-electron chi connectivity index (χ1n) is 17.6. The fourth-order valence-corrected chi connectivity index (χ4v) is 7.53. The van der Waals surface area contributed by atoms with Gasteiger partial charge in [-0.25, -0.2) is 0 Å². The molecule has 252 valence electrons. The van der Waals surface area contributed by atoms with Crippen molar-refractivity contribution in [2.45, 2.75) is 6.61 Å². The summed E-state index contributed by atoms with van der Waals surface area (Å²) in [5.74, 6) is 1.56. The van der Waals surface area contributed by atoms with E-state index in [1.165, 1.54) is 21.5 Å². The summed E-state index contributed by atoms with van der Waals surface area (Å²) < 4.78 is 17.3. The summed E-state index contributed by atoms with van der Waals surface area (Å²) in [6, 6.07) is 56.7. The quantitative estimate of drug-likeness (QED) is 0.160. The molecule has 0 saturated carbocycles. The van der Waals surface area contributed by atoms with Gasteiger partial charge in [-0.15, -0.1) is 10.2 Å². The van der Waals surface area contributed by atoms with E-state index in [2.05, 4.69) is 147 Å². The van der Waals surface area contributed by atoms with Crippen LogP contribution in [0.4, 0.5) is 0 Å². The van der Waals surface area contributed by atoms with Gasteiger partial charge in [-0.05, 0) is 77.9 Å². The Bertz CT molecular complexity index is 2760. The summed E-state index contributed by atoms with van der Waals surface area (Å²) in [5, 5.41) is 13.9. The normalized spacial score (nSPS) is 11.5. The van der Waals surface area contributed by atoms with Gasteiger partial charge in [0.15, 0.2) is 0 Å². The van der Waals surface area contributed by atoms with E-state index in [-0.39, 0.29) is 0 Å². The highest BCUT2D eigenvalue weighted by molar-refractivity contribution is 6.10. The third-order valence-electron chi connectivity index (χ3n) is 9.92. The molecule has 0 aliphatic rings. The molecule has 0 aliphatic carbocycles. The largest absolute Gasteiger partial charge is 0.489 e. The fourth-order valence-electron chi connectivity index (χ4n) is 7.53. The van der Waals surface area contributed by atoms with Gasteiger partial charge < -0.3 is 18.3 Å². The smallest absolute Gasteiger partial charge is 0.248 e. The standard InChI is InChI=1S/C47H32N4O2/c1-2-31-13-11-14-32(25-31)30-52-37-16-12-15-33(28-37)46-48-49-47(53-46)34-26-35(50-42-21-7-3-17-38(42)39-18-4-8-22-43(39)50)29-36(27-34)51-44-23-9-5-19-40(44)41-20-6-10-24-45(41)51/h2-29H,1,30H2. The number of rotatable bonds is 8. The molecule has 3 heterocycles. The minimum absolute atomic E-state index is 0.416. The van der Waals surface area contributed by atoms with Crippen LogP contribution in [0.15, 0.2) is 175 Å². The number of hydrogen-bond donors (Lipinski definition) is 0. The highest BCUT2D eigenvalue weighted by atomic mass is 16.5. The van der Waals surface area contributed by atoms with Crippen molar-refractivity contribution in [3.8, 4) is 40.0 Å². The van der Waals surface area contributed by atoms with Gasteiger partial charge in [0.05, 0.1) is 22.1 Å². The molecule has 0 radical (unpaired) electrons. The van der Waals surface area contributed by atoms with Crippen LogP contribution in [-0.4, -0.2) is 19.3 Å². The van der Waals surface area contributed by atoms with Crippen molar-refractivity contribution < 1.29 is 9.15 Å². The predicted molar refractivity (Wildman–Crippen MR) is 215 cm³/mol. The van der Waals surface area contributed by atoms with Crippen molar-refractivity contribution in [1.29, 1.82) is 0 Å². The summed E-state index contributed by atoms with van der Waals surface area (Å²) in [4.78, 5) is 0. The Labute approximate surface area is 305 Å². The zero-order chi connectivity index (χ0) is 35.3. The van der Waals surface area contributed by atoms with Gasteiger partial charge in [0.25, 0.3) is 0 Å². The zero-order valence-electron chi connectivity index (χ0n) is 28.7. The van der Waals surface area contributed by atoms with Crippen LogP contribution >= 0.6 is 0 Å². The third-order valence-corrected chi connectivity index (χ3v) is 9.92. The molecule has 6 nitrogen and oxygen atoms in total. The van der Waals surface area contributed by atoms with Crippen LogP contribution in [0.2, 0.25) is 0 Å². The molecule has 3 aromatic heterocycles. The SMILES string of the molecule is C=Cc1cccc(COc2cccc(-c3nnc(-c4cc(-n5c6ccccc6c6ccccc65)cc(-n5c6ccccc6c6ccccc65)c4)o3)c2)c1. The van der Waals surface area contributed by atoms with Gasteiger partial charge in [-0.1, -0.05) is 110 Å². The van der Waals surface area contributed by atoms with Gasteiger partial charge in [-0.2, -0.15) is 0 Å². The number of benzene rings is 7. The van der Waals surface area contributed by atoms with Crippen molar-refractivity contribution in [3.05, 3.63) is 181 Å². The van der Waals surface area contributed by atoms with E-state index in [0.717, 1.165) is 55.7 Å². The van der Waals surface area contributed by atoms with Crippen LogP contribution in [0.1, 0.15) is 11.1 Å². The zero-order valence-corrected chi connectivity index (χ0v) is 28.7. The maximum Gasteiger partial charge on any atom is 0.248 e. The Morgan fingerprint density at radius 2 is 1.02 bits per heavy atom. The second-order valence-electron chi connectivity index (χ2n) is 13.2. The minimum Gasteiger partial charge on any atom is -0.489 e. The monoisotopic (exact) mass is 684 g/mol. The highest BCUT2D eigenvalue weighted by Gasteiger charge is 2.19. The molecule has 0 atom stereocenters. The average Bonchev–Trinajstić information content (AvgIpc) is 3.94. The van der Waals surface area contributed by atoms with Crippen molar-refractivity contribution >= 4 is 49.7 Å². The van der Waals surface area contributed by atoms with Crippen LogP contribution in [0, 0.1) is 0 Å². The first-order valence-corrected chi connectivity index (χ1v) is 17.6. The minimum atomic E-state index is 0.416. The molecular formula is C47H32N4O2. The molecule has 0 N–H and O–H groups in total. The lowest BCUT2D eigenvalue weighted by Crippen LogP contribution is -2.00. The van der Waals surface area contributed by atoms with Crippen LogP contribution in [0.5, 0.6) is 5.75 Å². The Kier molecular flexibility index (Phi) is 7.25. The van der Waals surface area contributed by atoms with Gasteiger partial charge in [0, 0.05) is 44.0 Å². The topological polar surface area (TPSA) is 58.0 Å². The molecule has 10 aromatic rings. The van der Waals surface area contributed by atoms with Gasteiger partial charge in [0.2, 0.25) is 11.8 Å². The summed E-state index contributed by atoms with van der Waals surface area (Å²) >= 11 is 0. The first kappa shape index (κ1) is 30.6. The van der Waals surface area contributed by atoms with Gasteiger partial charge in [0.1, 0.15) is 12.4 Å². The van der Waals surface area contributed by atoms with Crippen LogP contribution in [-0.2, 0) is 6.61 Å². The van der Waals surface area contributed by atoms with E-state index in [9.17, 15) is 0 Å². The third kappa shape index (κ3) is 5.27. The fraction of sp³-hybridized carbons (Fsp3) is 0.0213. The van der Waals surface area contributed by atoms with E-state index in [4.69, 9.17) is 9.15 Å². The first-order chi connectivity index (χ1) is 26.2. The lowest BCUT2D eigenvalue weighted by Gasteiger charge is -2.14. The molecule has 0 bridgehead atoms. The van der Waals surface area contributed by atoms with Crippen molar-refractivity contribution in [2.24, 2.45) is 0 Å². The van der Waals surface area contributed by atoms with Crippen molar-refractivity contribution in [1.82, 2.24) is 19.3 Å². The van der Waals surface area contributed by atoms with Gasteiger partial charge >= 0.3 is 0 Å². The summed E-state index contributed by atoms with van der Waals surface area (Å²) in [6.07, 6.45) is 1.84. The van der Waals surface area contributed by atoms with Crippen LogP contribution in [0.3, 0.4) is 0 Å². The molecule has 53 heavy (non-hydrogen) atoms. The lowest BCUT2D eigenvalue weighted by molar-refractivity contribution is 0.306. The second-order valence-corrected chi connectivity index (χ2v) is 13.2. The van der Waals surface area contributed by atoms with E-state index in [1.54, 1.807) is 0 Å². The Balaban J connectivity index is 1.12. The van der Waals surface area contributed by atoms with E-state index >= 15 is 0 Å². The number of aromatic nitrogens is 4. The lowest BCUT2D eigenvalue weighted by atomic mass is 10.1. The molecule has 0 aliphatic heterocycles. The molecule has 7 aromatic carbocycles. The molecule has 0 unspecified atom stereocenters. The maximum atomic E-state index is 6.49. The molecular weight excluding hydrogens is 653 g/mol. The van der Waals surface area contributed by atoms with Crippen molar-refractivity contribution in [2.75, 3.05) is 0 Å². The molecule has 0 spiro atoms. The predicted octanol–water partition coefficient (Wildman–Crippen LogP) is 11.8. The van der Waals surface area contributed by atoms with E-state index < -0.39 is 0 Å². The Morgan fingerprint density at radius 1 is 0.509 bits per heavy atom. The number of nitrogens with zero attached hydrogens (tertiary/aromatic N) is 4. The Morgan fingerprint density at radius 3 is 1.57 bits per heavy atom. The molecule has 0 saturated heterocycles. The van der Waals surface area contributed by atoms with Crippen molar-refractivity contribution in [3.63, 3.8) is 0 Å². The van der Waals surface area contributed by atoms with Crippen LogP contribution in [0.25, 0.3) is 84.0 Å². The van der Waals surface area contributed by atoms with E-state index in [0.29, 0.717) is 24.1 Å². The summed E-state index contributed by atoms with van der Waals surface area (Å²) in [5.41, 5.74) is 10.2. The number of para-hydroxylation sites is 4. The Hall–Kier alpha value is -7.18. The number of ether oxygens (including phenoxy) is 1. The van der Waals surface area contributed by atoms with Gasteiger partial charge in [-0.3, -0.25) is 0 Å². The number of hydrogen-bond acceptors (Lipinski definition) is 4.